The van der Waals surface area contributed by atoms with Crippen molar-refractivity contribution in [1.82, 2.24) is 14.8 Å². The molecule has 2 aromatic heterocycles. The first-order chi connectivity index (χ1) is 17.1. The number of fused-ring (bicyclic) bond motifs is 1. The minimum absolute atomic E-state index is 0.208. The van der Waals surface area contributed by atoms with E-state index in [0.717, 1.165) is 41.3 Å². The number of ketones is 1. The van der Waals surface area contributed by atoms with Crippen LogP contribution < -0.4 is 19.9 Å². The highest BCUT2D eigenvalue weighted by atomic mass is 32.1. The molecule has 1 aliphatic rings. The predicted octanol–water partition coefficient (Wildman–Crippen LogP) is 4.41. The number of ether oxygens (including phenoxy) is 2. The van der Waals surface area contributed by atoms with Gasteiger partial charge in [0.25, 0.3) is 5.56 Å². The van der Waals surface area contributed by atoms with Crippen molar-refractivity contribution < 1.29 is 14.3 Å². The number of methoxy groups -OCH3 is 2. The number of carbonyl (C=O) groups is 1. The molecule has 0 atom stereocenters. The quantitative estimate of drug-likeness (QED) is 0.355. The Labute approximate surface area is 206 Å². The van der Waals surface area contributed by atoms with Crippen molar-refractivity contribution in [1.29, 1.82) is 0 Å². The molecule has 5 rings (SSSR count). The number of carbonyl (C=O) groups excluding carboxylic acids is 1. The van der Waals surface area contributed by atoms with Gasteiger partial charge in [-0.3, -0.25) is 9.59 Å². The molecule has 1 saturated heterocycles. The summed E-state index contributed by atoms with van der Waals surface area (Å²) in [5.41, 5.74) is 1.92. The number of nitrogens with zero attached hydrogens (tertiary/aromatic N) is 4. The number of aromatic nitrogens is 3. The van der Waals surface area contributed by atoms with Gasteiger partial charge in [-0.05, 0) is 37.5 Å². The van der Waals surface area contributed by atoms with Crippen LogP contribution in [-0.4, -0.2) is 47.9 Å². The summed E-state index contributed by atoms with van der Waals surface area (Å²) in [4.78, 5) is 33.5. The number of piperidine rings is 1. The van der Waals surface area contributed by atoms with Gasteiger partial charge in [0.05, 0.1) is 18.9 Å². The minimum Gasteiger partial charge on any atom is -0.493 e. The topological polar surface area (TPSA) is 86.6 Å². The Bertz CT molecular complexity index is 1420. The molecular weight excluding hydrogens is 464 g/mol. The zero-order chi connectivity index (χ0) is 24.4. The summed E-state index contributed by atoms with van der Waals surface area (Å²) in [6.45, 7) is 1.65. The largest absolute Gasteiger partial charge is 0.493 e. The van der Waals surface area contributed by atoms with Crippen LogP contribution in [0.2, 0.25) is 0 Å². The normalized spacial score (nSPS) is 13.7. The monoisotopic (exact) mass is 490 g/mol. The molecule has 0 radical (unpaired) electrons. The SMILES string of the molecule is COc1ccc(C(=O)Cn2nc(-c3ccccc3)c3sc(N4CCCCC4)nc3c2=O)cc1OC. The van der Waals surface area contributed by atoms with Crippen LogP contribution in [0.1, 0.15) is 29.6 Å². The second kappa shape index (κ2) is 9.87. The van der Waals surface area contributed by atoms with Crippen LogP contribution in [0.5, 0.6) is 11.5 Å². The van der Waals surface area contributed by atoms with E-state index < -0.39 is 0 Å². The summed E-state index contributed by atoms with van der Waals surface area (Å²) in [5.74, 6) is 0.718. The molecule has 180 valence electrons. The second-order valence-electron chi connectivity index (χ2n) is 8.39. The summed E-state index contributed by atoms with van der Waals surface area (Å²) in [6, 6.07) is 14.6. The molecule has 8 nitrogen and oxygen atoms in total. The zero-order valence-electron chi connectivity index (χ0n) is 19.7. The Morgan fingerprint density at radius 2 is 1.74 bits per heavy atom. The molecule has 0 spiro atoms. The van der Waals surface area contributed by atoms with E-state index in [4.69, 9.17) is 14.5 Å². The maximum atomic E-state index is 13.4. The van der Waals surface area contributed by atoms with Crippen molar-refractivity contribution in [2.45, 2.75) is 25.8 Å². The maximum Gasteiger partial charge on any atom is 0.294 e. The molecule has 0 unspecified atom stereocenters. The van der Waals surface area contributed by atoms with Gasteiger partial charge in [0.2, 0.25) is 0 Å². The van der Waals surface area contributed by atoms with Crippen molar-refractivity contribution in [3.63, 3.8) is 0 Å². The smallest absolute Gasteiger partial charge is 0.294 e. The molecule has 1 fully saturated rings. The highest BCUT2D eigenvalue weighted by Gasteiger charge is 2.22. The van der Waals surface area contributed by atoms with Crippen molar-refractivity contribution in [2.24, 2.45) is 0 Å². The lowest BCUT2D eigenvalue weighted by atomic mass is 10.1. The molecule has 0 amide bonds. The van der Waals surface area contributed by atoms with Gasteiger partial charge in [-0.1, -0.05) is 41.7 Å². The van der Waals surface area contributed by atoms with E-state index in [2.05, 4.69) is 10.00 Å². The molecule has 0 N–H and O–H groups in total. The number of hydrogen-bond acceptors (Lipinski definition) is 8. The minimum atomic E-state index is -0.368. The first-order valence-electron chi connectivity index (χ1n) is 11.6. The third kappa shape index (κ3) is 4.51. The molecule has 0 aliphatic carbocycles. The predicted molar refractivity (Wildman–Crippen MR) is 137 cm³/mol. The van der Waals surface area contributed by atoms with Crippen LogP contribution in [0.15, 0.2) is 53.3 Å². The van der Waals surface area contributed by atoms with Crippen LogP contribution in [0.4, 0.5) is 5.13 Å². The van der Waals surface area contributed by atoms with Gasteiger partial charge in [-0.2, -0.15) is 5.10 Å². The highest BCUT2D eigenvalue weighted by Crippen LogP contribution is 2.35. The molecular formula is C26H26N4O4S. The van der Waals surface area contributed by atoms with Crippen LogP contribution >= 0.6 is 11.3 Å². The highest BCUT2D eigenvalue weighted by molar-refractivity contribution is 7.22. The Morgan fingerprint density at radius 3 is 2.46 bits per heavy atom. The molecule has 35 heavy (non-hydrogen) atoms. The van der Waals surface area contributed by atoms with E-state index >= 15 is 0 Å². The van der Waals surface area contributed by atoms with Gasteiger partial charge in [-0.25, -0.2) is 9.67 Å². The van der Waals surface area contributed by atoms with Gasteiger partial charge in [0, 0.05) is 24.2 Å². The van der Waals surface area contributed by atoms with Crippen molar-refractivity contribution in [3.8, 4) is 22.8 Å². The number of hydrogen-bond donors (Lipinski definition) is 0. The Morgan fingerprint density at radius 1 is 1.00 bits per heavy atom. The summed E-state index contributed by atoms with van der Waals surface area (Å²) in [6.07, 6.45) is 3.44. The lowest BCUT2D eigenvalue weighted by molar-refractivity contribution is 0.0965. The van der Waals surface area contributed by atoms with E-state index in [1.54, 1.807) is 18.2 Å². The molecule has 2 aromatic carbocycles. The standard InChI is InChI=1S/C26H26N4O4S/c1-33-20-12-11-18(15-21(20)34-2)19(31)16-30-25(32)23-24(22(28-30)17-9-5-3-6-10-17)35-26(27-23)29-13-7-4-8-14-29/h3,5-6,9-12,15H,4,7-8,13-14,16H2,1-2H3. The number of Topliss-reactive ketones (excluding diaryl/α,β-unsaturated/α-hetero) is 1. The Hall–Kier alpha value is -3.72. The number of thiazole rings is 1. The van der Waals surface area contributed by atoms with Gasteiger partial charge < -0.3 is 14.4 Å². The third-order valence-corrected chi connectivity index (χ3v) is 7.28. The fourth-order valence-electron chi connectivity index (χ4n) is 4.30. The fourth-order valence-corrected chi connectivity index (χ4v) is 5.41. The number of rotatable bonds is 7. The fraction of sp³-hybridized carbons (Fsp3) is 0.308. The van der Waals surface area contributed by atoms with Crippen molar-refractivity contribution in [3.05, 3.63) is 64.4 Å². The van der Waals surface area contributed by atoms with Crippen molar-refractivity contribution in [2.75, 3.05) is 32.2 Å². The van der Waals surface area contributed by atoms with Gasteiger partial charge >= 0.3 is 0 Å². The lowest BCUT2D eigenvalue weighted by Gasteiger charge is -2.25. The first kappa shape index (κ1) is 23.0. The van der Waals surface area contributed by atoms with Gasteiger partial charge in [0.15, 0.2) is 27.9 Å². The molecule has 0 saturated carbocycles. The van der Waals surface area contributed by atoms with Gasteiger partial charge in [-0.15, -0.1) is 0 Å². The second-order valence-corrected chi connectivity index (χ2v) is 9.37. The summed E-state index contributed by atoms with van der Waals surface area (Å²) in [5, 5.41) is 5.48. The van der Waals surface area contributed by atoms with E-state index in [-0.39, 0.29) is 17.9 Å². The van der Waals surface area contributed by atoms with Gasteiger partial charge in [0.1, 0.15) is 12.2 Å². The third-order valence-electron chi connectivity index (χ3n) is 6.16. The summed E-state index contributed by atoms with van der Waals surface area (Å²) >= 11 is 1.50. The van der Waals surface area contributed by atoms with Crippen molar-refractivity contribution >= 4 is 32.5 Å². The molecule has 0 bridgehead atoms. The Balaban J connectivity index is 1.58. The Kier molecular flexibility index (Phi) is 6.50. The maximum absolute atomic E-state index is 13.4. The zero-order valence-corrected chi connectivity index (χ0v) is 20.5. The van der Waals surface area contributed by atoms with Crippen LogP contribution in [0.25, 0.3) is 21.5 Å². The molecule has 9 heteroatoms. The number of benzene rings is 2. The number of anilines is 1. The molecule has 4 aromatic rings. The average molecular weight is 491 g/mol. The van der Waals surface area contributed by atoms with Crippen LogP contribution in [0, 0.1) is 0 Å². The first-order valence-corrected chi connectivity index (χ1v) is 12.4. The van der Waals surface area contributed by atoms with Crippen LogP contribution in [-0.2, 0) is 6.54 Å². The van der Waals surface area contributed by atoms with E-state index in [1.807, 2.05) is 30.3 Å². The average Bonchev–Trinajstić information content (AvgIpc) is 3.37. The van der Waals surface area contributed by atoms with E-state index in [1.165, 1.54) is 36.7 Å². The van der Waals surface area contributed by atoms with E-state index in [9.17, 15) is 9.59 Å². The van der Waals surface area contributed by atoms with E-state index in [0.29, 0.717) is 28.3 Å². The molecule has 3 heterocycles. The molecule has 1 aliphatic heterocycles. The van der Waals surface area contributed by atoms with Crippen LogP contribution in [0.3, 0.4) is 0 Å². The lowest BCUT2D eigenvalue weighted by Crippen LogP contribution is -2.29. The summed E-state index contributed by atoms with van der Waals surface area (Å²) in [7, 11) is 3.05. The summed E-state index contributed by atoms with van der Waals surface area (Å²) < 4.78 is 12.6.